The van der Waals surface area contributed by atoms with Crippen molar-refractivity contribution >= 4 is 17.7 Å². The molecule has 0 fully saturated rings. The van der Waals surface area contributed by atoms with Gasteiger partial charge in [-0.05, 0) is 24.6 Å². The Bertz CT molecular complexity index is 704. The lowest BCUT2D eigenvalue weighted by molar-refractivity contribution is -0.116. The fourth-order valence-corrected chi connectivity index (χ4v) is 2.39. The second-order valence-electron chi connectivity index (χ2n) is 5.28. The van der Waals surface area contributed by atoms with Crippen molar-refractivity contribution in [3.05, 3.63) is 60.2 Å². The molecular weight excluding hydrogens is 320 g/mol. The maximum atomic E-state index is 12.4. The third kappa shape index (κ3) is 5.53. The van der Waals surface area contributed by atoms with E-state index in [0.717, 1.165) is 5.56 Å². The number of ether oxygens (including phenoxy) is 2. The maximum absolute atomic E-state index is 12.4. The van der Waals surface area contributed by atoms with Crippen LogP contribution in [-0.2, 0) is 9.53 Å². The molecule has 0 heterocycles. The Morgan fingerprint density at radius 3 is 2.40 bits per heavy atom. The van der Waals surface area contributed by atoms with Gasteiger partial charge in [0, 0.05) is 0 Å². The van der Waals surface area contributed by atoms with Crippen molar-refractivity contribution in [3.8, 4) is 5.75 Å². The van der Waals surface area contributed by atoms with Crippen molar-refractivity contribution in [2.45, 2.75) is 19.4 Å². The molecule has 2 aromatic rings. The van der Waals surface area contributed by atoms with Crippen molar-refractivity contribution < 1.29 is 19.1 Å². The molecule has 6 heteroatoms. The molecule has 0 aliphatic rings. The predicted octanol–water partition coefficient (Wildman–Crippen LogP) is 3.51. The lowest BCUT2D eigenvalue weighted by Crippen LogP contribution is -2.32. The van der Waals surface area contributed by atoms with Crippen LogP contribution in [0.15, 0.2) is 54.6 Å². The number of rotatable bonds is 7. The van der Waals surface area contributed by atoms with E-state index in [-0.39, 0.29) is 18.9 Å². The van der Waals surface area contributed by atoms with E-state index >= 15 is 0 Å². The minimum atomic E-state index is -0.554. The van der Waals surface area contributed by atoms with Gasteiger partial charge in [-0.1, -0.05) is 42.5 Å². The quantitative estimate of drug-likeness (QED) is 0.807. The molecule has 0 aromatic heterocycles. The van der Waals surface area contributed by atoms with Crippen molar-refractivity contribution in [3.63, 3.8) is 0 Å². The van der Waals surface area contributed by atoms with Crippen LogP contribution in [0.1, 0.15) is 24.9 Å². The zero-order valence-electron chi connectivity index (χ0n) is 14.3. The zero-order chi connectivity index (χ0) is 18.1. The molecule has 0 spiro atoms. The van der Waals surface area contributed by atoms with Crippen molar-refractivity contribution in [1.29, 1.82) is 0 Å². The molecule has 0 aliphatic heterocycles. The molecule has 132 valence electrons. The molecular formula is C19H22N2O4. The molecule has 6 nitrogen and oxygen atoms in total. The number of carbonyl (C=O) groups excluding carboxylic acids is 2. The highest BCUT2D eigenvalue weighted by atomic mass is 16.5. The third-order valence-electron chi connectivity index (χ3n) is 3.54. The summed E-state index contributed by atoms with van der Waals surface area (Å²) in [5.41, 5.74) is 1.41. The van der Waals surface area contributed by atoms with Crippen LogP contribution in [0.4, 0.5) is 10.5 Å². The Hall–Kier alpha value is -3.02. The average molecular weight is 342 g/mol. The highest BCUT2D eigenvalue weighted by Crippen LogP contribution is 2.24. The van der Waals surface area contributed by atoms with Gasteiger partial charge in [-0.25, -0.2) is 4.79 Å². The number of para-hydroxylation sites is 2. The van der Waals surface area contributed by atoms with E-state index in [1.165, 1.54) is 0 Å². The number of hydrogen-bond acceptors (Lipinski definition) is 4. The number of alkyl carbamates (subject to hydrolysis) is 1. The molecule has 2 N–H and O–H groups in total. The summed E-state index contributed by atoms with van der Waals surface area (Å²) in [6, 6.07) is 16.0. The van der Waals surface area contributed by atoms with Gasteiger partial charge < -0.3 is 20.1 Å². The molecule has 0 saturated heterocycles. The molecule has 2 rings (SSSR count). The summed E-state index contributed by atoms with van der Waals surface area (Å²) < 4.78 is 10.2. The van der Waals surface area contributed by atoms with Gasteiger partial charge in [-0.15, -0.1) is 0 Å². The fraction of sp³-hybridized carbons (Fsp3) is 0.263. The average Bonchev–Trinajstić information content (AvgIpc) is 2.62. The SMILES string of the molecule is CCOC(=O)N[C@H](CC(=O)Nc1ccccc1OC)c1ccccc1. The molecule has 0 unspecified atom stereocenters. The van der Waals surface area contributed by atoms with E-state index in [1.807, 2.05) is 42.5 Å². The number of methoxy groups -OCH3 is 1. The number of hydrogen-bond donors (Lipinski definition) is 2. The molecule has 0 radical (unpaired) electrons. The van der Waals surface area contributed by atoms with Crippen LogP contribution in [0.3, 0.4) is 0 Å². The predicted molar refractivity (Wildman–Crippen MR) is 95.6 cm³/mol. The van der Waals surface area contributed by atoms with Gasteiger partial charge in [-0.2, -0.15) is 0 Å². The summed E-state index contributed by atoms with van der Waals surface area (Å²) in [5, 5.41) is 5.54. The monoisotopic (exact) mass is 342 g/mol. The number of carbonyl (C=O) groups is 2. The molecule has 2 amide bonds. The second kappa shape index (κ2) is 9.32. The Morgan fingerprint density at radius 1 is 1.04 bits per heavy atom. The van der Waals surface area contributed by atoms with Gasteiger partial charge in [0.1, 0.15) is 5.75 Å². The lowest BCUT2D eigenvalue weighted by atomic mass is 10.0. The third-order valence-corrected chi connectivity index (χ3v) is 3.54. The maximum Gasteiger partial charge on any atom is 0.407 e. The molecule has 1 atom stereocenters. The van der Waals surface area contributed by atoms with E-state index in [9.17, 15) is 9.59 Å². The van der Waals surface area contributed by atoms with E-state index in [4.69, 9.17) is 9.47 Å². The van der Waals surface area contributed by atoms with E-state index in [2.05, 4.69) is 10.6 Å². The van der Waals surface area contributed by atoms with Gasteiger partial charge in [0.2, 0.25) is 5.91 Å². The van der Waals surface area contributed by atoms with E-state index in [1.54, 1.807) is 26.2 Å². The smallest absolute Gasteiger partial charge is 0.407 e. The molecule has 2 aromatic carbocycles. The Balaban J connectivity index is 2.10. The van der Waals surface area contributed by atoms with Gasteiger partial charge in [0.05, 0.1) is 31.9 Å². The van der Waals surface area contributed by atoms with Crippen molar-refractivity contribution in [2.75, 3.05) is 19.0 Å². The summed E-state index contributed by atoms with van der Waals surface area (Å²) in [7, 11) is 1.54. The molecule has 0 bridgehead atoms. The number of anilines is 1. The Labute approximate surface area is 147 Å². The molecule has 0 aliphatic carbocycles. The van der Waals surface area contributed by atoms with Crippen LogP contribution in [0, 0.1) is 0 Å². The summed E-state index contributed by atoms with van der Waals surface area (Å²) in [4.78, 5) is 24.2. The van der Waals surface area contributed by atoms with Crippen LogP contribution in [0.5, 0.6) is 5.75 Å². The molecule has 0 saturated carbocycles. The van der Waals surface area contributed by atoms with Crippen molar-refractivity contribution in [1.82, 2.24) is 5.32 Å². The van der Waals surface area contributed by atoms with Crippen LogP contribution < -0.4 is 15.4 Å². The zero-order valence-corrected chi connectivity index (χ0v) is 14.3. The van der Waals surface area contributed by atoms with Gasteiger partial charge in [-0.3, -0.25) is 4.79 Å². The van der Waals surface area contributed by atoms with Crippen LogP contribution in [0.2, 0.25) is 0 Å². The Morgan fingerprint density at radius 2 is 1.72 bits per heavy atom. The van der Waals surface area contributed by atoms with Crippen molar-refractivity contribution in [2.24, 2.45) is 0 Å². The first-order valence-corrected chi connectivity index (χ1v) is 8.05. The van der Waals surface area contributed by atoms with Crippen LogP contribution >= 0.6 is 0 Å². The standard InChI is InChI=1S/C19H22N2O4/c1-3-25-19(23)21-16(14-9-5-4-6-10-14)13-18(22)20-15-11-7-8-12-17(15)24-2/h4-12,16H,3,13H2,1-2H3,(H,20,22)(H,21,23)/t16-/m1/s1. The summed E-state index contributed by atoms with van der Waals surface area (Å²) >= 11 is 0. The highest BCUT2D eigenvalue weighted by molar-refractivity contribution is 5.93. The summed E-state index contributed by atoms with van der Waals surface area (Å²) in [6.07, 6.45) is -0.484. The Kier molecular flexibility index (Phi) is 6.83. The van der Waals surface area contributed by atoms with Gasteiger partial charge in [0.15, 0.2) is 0 Å². The minimum absolute atomic E-state index is 0.0703. The normalized spacial score (nSPS) is 11.3. The topological polar surface area (TPSA) is 76.7 Å². The van der Waals surface area contributed by atoms with E-state index < -0.39 is 12.1 Å². The van der Waals surface area contributed by atoms with Crippen LogP contribution in [-0.4, -0.2) is 25.7 Å². The summed E-state index contributed by atoms with van der Waals surface area (Å²) in [6.45, 7) is 1.99. The molecule has 25 heavy (non-hydrogen) atoms. The van der Waals surface area contributed by atoms with E-state index in [0.29, 0.717) is 11.4 Å². The minimum Gasteiger partial charge on any atom is -0.495 e. The van der Waals surface area contributed by atoms with Gasteiger partial charge in [0.25, 0.3) is 0 Å². The number of benzene rings is 2. The largest absolute Gasteiger partial charge is 0.495 e. The van der Waals surface area contributed by atoms with Gasteiger partial charge >= 0.3 is 6.09 Å². The number of amides is 2. The number of nitrogens with one attached hydrogen (secondary N) is 2. The second-order valence-corrected chi connectivity index (χ2v) is 5.28. The van der Waals surface area contributed by atoms with Crippen LogP contribution in [0.25, 0.3) is 0 Å². The first-order chi connectivity index (χ1) is 12.1. The lowest BCUT2D eigenvalue weighted by Gasteiger charge is -2.19. The first-order valence-electron chi connectivity index (χ1n) is 8.05. The summed E-state index contributed by atoms with van der Waals surface area (Å²) in [5.74, 6) is 0.334. The fourth-order valence-electron chi connectivity index (χ4n) is 2.39. The highest BCUT2D eigenvalue weighted by Gasteiger charge is 2.19. The first kappa shape index (κ1) is 18.3.